The van der Waals surface area contributed by atoms with Gasteiger partial charge in [-0.25, -0.2) is 4.98 Å². The van der Waals surface area contributed by atoms with Crippen LogP contribution in [0.1, 0.15) is 52.1 Å². The molecule has 1 atom stereocenters. The van der Waals surface area contributed by atoms with Crippen molar-refractivity contribution in [2.75, 3.05) is 13.1 Å². The SMILES string of the molecule is Cc1ccc(Oc2ncccc2C(=O)N2CCCC[C@@H]2CCNC(=O)c2ccccc2)cn1. The van der Waals surface area contributed by atoms with Gasteiger partial charge in [0.15, 0.2) is 0 Å². The lowest BCUT2D eigenvalue weighted by molar-refractivity contribution is 0.0598. The number of nitrogens with zero attached hydrogens (tertiary/aromatic N) is 3. The Bertz CT molecular complexity index is 1090. The Balaban J connectivity index is 1.43. The summed E-state index contributed by atoms with van der Waals surface area (Å²) < 4.78 is 5.90. The van der Waals surface area contributed by atoms with Gasteiger partial charge in [0.25, 0.3) is 11.8 Å². The molecule has 4 rings (SSSR count). The largest absolute Gasteiger partial charge is 0.437 e. The minimum Gasteiger partial charge on any atom is -0.437 e. The van der Waals surface area contributed by atoms with Crippen molar-refractivity contribution >= 4 is 11.8 Å². The topological polar surface area (TPSA) is 84.4 Å². The first kappa shape index (κ1) is 22.5. The number of piperidine rings is 1. The van der Waals surface area contributed by atoms with Crippen LogP contribution in [0.4, 0.5) is 0 Å². The standard InChI is InChI=1S/C26H28N4O3/c1-19-12-13-22(18-29-19)33-25-23(11-7-15-28-25)26(32)30-17-6-5-10-21(30)14-16-27-24(31)20-8-3-2-4-9-20/h2-4,7-9,11-13,15,18,21H,5-6,10,14,16-17H2,1H3,(H,27,31)/t21-/m1/s1. The van der Waals surface area contributed by atoms with Gasteiger partial charge < -0.3 is 15.0 Å². The molecule has 33 heavy (non-hydrogen) atoms. The molecule has 0 bridgehead atoms. The maximum atomic E-state index is 13.5. The second-order valence-electron chi connectivity index (χ2n) is 8.15. The van der Waals surface area contributed by atoms with E-state index in [9.17, 15) is 9.59 Å². The lowest BCUT2D eigenvalue weighted by atomic mass is 9.98. The highest BCUT2D eigenvalue weighted by Crippen LogP contribution is 2.27. The molecule has 2 aromatic heterocycles. The quantitative estimate of drug-likeness (QED) is 0.584. The van der Waals surface area contributed by atoms with Crippen LogP contribution in [0.3, 0.4) is 0 Å². The number of hydrogen-bond donors (Lipinski definition) is 1. The minimum absolute atomic E-state index is 0.0522. The molecule has 1 saturated heterocycles. The molecule has 1 aliphatic rings. The van der Waals surface area contributed by atoms with E-state index in [0.29, 0.717) is 36.4 Å². The van der Waals surface area contributed by atoms with Crippen molar-refractivity contribution < 1.29 is 14.3 Å². The van der Waals surface area contributed by atoms with Gasteiger partial charge in [-0.05, 0) is 69.0 Å². The number of pyridine rings is 2. The molecule has 1 aliphatic heterocycles. The van der Waals surface area contributed by atoms with E-state index in [4.69, 9.17) is 4.74 Å². The Morgan fingerprint density at radius 3 is 2.70 bits per heavy atom. The van der Waals surface area contributed by atoms with Crippen molar-refractivity contribution in [2.24, 2.45) is 0 Å². The van der Waals surface area contributed by atoms with Gasteiger partial charge in [-0.1, -0.05) is 18.2 Å². The molecular weight excluding hydrogens is 416 g/mol. The van der Waals surface area contributed by atoms with E-state index in [-0.39, 0.29) is 23.7 Å². The van der Waals surface area contributed by atoms with Crippen molar-refractivity contribution in [3.8, 4) is 11.6 Å². The van der Waals surface area contributed by atoms with Crippen LogP contribution in [0.15, 0.2) is 67.0 Å². The smallest absolute Gasteiger partial charge is 0.259 e. The fourth-order valence-corrected chi connectivity index (χ4v) is 4.03. The number of benzene rings is 1. The number of carbonyl (C=O) groups excluding carboxylic acids is 2. The van der Waals surface area contributed by atoms with Crippen molar-refractivity contribution in [2.45, 2.75) is 38.6 Å². The molecule has 3 aromatic rings. The first-order chi connectivity index (χ1) is 16.1. The molecule has 0 radical (unpaired) electrons. The number of aryl methyl sites for hydroxylation is 1. The Morgan fingerprint density at radius 2 is 1.91 bits per heavy atom. The second kappa shape index (κ2) is 10.7. The molecule has 7 nitrogen and oxygen atoms in total. The molecule has 0 saturated carbocycles. The average Bonchev–Trinajstić information content (AvgIpc) is 2.86. The van der Waals surface area contributed by atoms with Crippen LogP contribution in [-0.2, 0) is 0 Å². The zero-order valence-electron chi connectivity index (χ0n) is 18.7. The lowest BCUT2D eigenvalue weighted by Crippen LogP contribution is -2.45. The van der Waals surface area contributed by atoms with Gasteiger partial charge in [-0.2, -0.15) is 0 Å². The van der Waals surface area contributed by atoms with Gasteiger partial charge in [0.1, 0.15) is 11.3 Å². The summed E-state index contributed by atoms with van der Waals surface area (Å²) in [5.41, 5.74) is 1.95. The van der Waals surface area contributed by atoms with Gasteiger partial charge in [0.2, 0.25) is 5.88 Å². The summed E-state index contributed by atoms with van der Waals surface area (Å²) >= 11 is 0. The summed E-state index contributed by atoms with van der Waals surface area (Å²) in [6.45, 7) is 3.09. The normalized spacial score (nSPS) is 15.7. The zero-order valence-corrected chi connectivity index (χ0v) is 18.7. The Morgan fingerprint density at radius 1 is 1.06 bits per heavy atom. The first-order valence-corrected chi connectivity index (χ1v) is 11.3. The number of ether oxygens (including phenoxy) is 1. The number of hydrogen-bond acceptors (Lipinski definition) is 5. The average molecular weight is 445 g/mol. The van der Waals surface area contributed by atoms with Gasteiger partial charge in [-0.3, -0.25) is 14.6 Å². The van der Waals surface area contributed by atoms with Crippen LogP contribution in [0.2, 0.25) is 0 Å². The Labute approximate surface area is 193 Å². The van der Waals surface area contributed by atoms with Crippen molar-refractivity contribution in [1.29, 1.82) is 0 Å². The van der Waals surface area contributed by atoms with E-state index in [0.717, 1.165) is 25.0 Å². The van der Waals surface area contributed by atoms with Crippen LogP contribution in [0.25, 0.3) is 0 Å². The van der Waals surface area contributed by atoms with Gasteiger partial charge in [-0.15, -0.1) is 0 Å². The summed E-state index contributed by atoms with van der Waals surface area (Å²) in [6, 6.07) is 16.4. The maximum absolute atomic E-state index is 13.5. The highest BCUT2D eigenvalue weighted by Gasteiger charge is 2.29. The molecule has 0 unspecified atom stereocenters. The number of amides is 2. The zero-order chi connectivity index (χ0) is 23.0. The molecule has 1 fully saturated rings. The number of likely N-dealkylation sites (tertiary alicyclic amines) is 1. The monoisotopic (exact) mass is 444 g/mol. The van der Waals surface area contributed by atoms with Gasteiger partial charge in [0, 0.05) is 36.6 Å². The lowest BCUT2D eigenvalue weighted by Gasteiger charge is -2.36. The van der Waals surface area contributed by atoms with E-state index in [1.165, 1.54) is 0 Å². The molecular formula is C26H28N4O3. The molecule has 0 spiro atoms. The van der Waals surface area contributed by atoms with Crippen LogP contribution in [0, 0.1) is 6.92 Å². The highest BCUT2D eigenvalue weighted by atomic mass is 16.5. The van der Waals surface area contributed by atoms with E-state index in [2.05, 4.69) is 15.3 Å². The number of nitrogens with one attached hydrogen (secondary N) is 1. The van der Waals surface area contributed by atoms with E-state index < -0.39 is 0 Å². The van der Waals surface area contributed by atoms with E-state index in [1.54, 1.807) is 36.7 Å². The molecule has 0 aliphatic carbocycles. The molecule has 1 N–H and O–H groups in total. The Hall–Kier alpha value is -3.74. The Kier molecular flexibility index (Phi) is 7.29. The van der Waals surface area contributed by atoms with Crippen LogP contribution < -0.4 is 10.1 Å². The van der Waals surface area contributed by atoms with Crippen LogP contribution in [0.5, 0.6) is 11.6 Å². The predicted octanol–water partition coefficient (Wildman–Crippen LogP) is 4.39. The summed E-state index contributed by atoms with van der Waals surface area (Å²) in [5.74, 6) is 0.609. The third-order valence-corrected chi connectivity index (χ3v) is 5.79. The highest BCUT2D eigenvalue weighted by molar-refractivity contribution is 5.96. The van der Waals surface area contributed by atoms with Gasteiger partial charge >= 0.3 is 0 Å². The number of aromatic nitrogens is 2. The predicted molar refractivity (Wildman–Crippen MR) is 125 cm³/mol. The maximum Gasteiger partial charge on any atom is 0.259 e. The van der Waals surface area contributed by atoms with E-state index >= 15 is 0 Å². The second-order valence-corrected chi connectivity index (χ2v) is 8.15. The number of rotatable bonds is 7. The molecule has 170 valence electrons. The summed E-state index contributed by atoms with van der Waals surface area (Å²) in [4.78, 5) is 36.3. The third kappa shape index (κ3) is 5.74. The first-order valence-electron chi connectivity index (χ1n) is 11.3. The summed E-state index contributed by atoms with van der Waals surface area (Å²) in [7, 11) is 0. The molecule has 7 heteroatoms. The van der Waals surface area contributed by atoms with Crippen molar-refractivity contribution in [1.82, 2.24) is 20.2 Å². The van der Waals surface area contributed by atoms with Crippen molar-refractivity contribution in [3.05, 3.63) is 83.8 Å². The fourth-order valence-electron chi connectivity index (χ4n) is 4.03. The summed E-state index contributed by atoms with van der Waals surface area (Å²) in [6.07, 6.45) is 6.86. The third-order valence-electron chi connectivity index (χ3n) is 5.79. The number of carbonyl (C=O) groups is 2. The molecule has 3 heterocycles. The van der Waals surface area contributed by atoms with Crippen molar-refractivity contribution in [3.63, 3.8) is 0 Å². The summed E-state index contributed by atoms with van der Waals surface area (Å²) in [5, 5.41) is 2.97. The fraction of sp³-hybridized carbons (Fsp3) is 0.308. The van der Waals surface area contributed by atoms with Crippen LogP contribution >= 0.6 is 0 Å². The van der Waals surface area contributed by atoms with Gasteiger partial charge in [0.05, 0.1) is 6.20 Å². The minimum atomic E-state index is -0.0998. The van der Waals surface area contributed by atoms with Crippen LogP contribution in [-0.4, -0.2) is 45.8 Å². The van der Waals surface area contributed by atoms with E-state index in [1.807, 2.05) is 42.2 Å². The molecule has 2 amide bonds. The molecule has 1 aromatic carbocycles.